The molecular weight excluding hydrogens is 160 g/mol. The third-order valence-corrected chi connectivity index (χ3v) is 4.64. The second kappa shape index (κ2) is 3.40. The highest BCUT2D eigenvalue weighted by Gasteiger charge is 2.26. The third kappa shape index (κ3) is 2.39. The van der Waals surface area contributed by atoms with E-state index in [1.54, 1.807) is 0 Å². The Morgan fingerprint density at radius 2 is 1.60 bits per heavy atom. The van der Waals surface area contributed by atoms with Gasteiger partial charge in [0.2, 0.25) is 0 Å². The van der Waals surface area contributed by atoms with E-state index in [0.29, 0.717) is 5.41 Å². The van der Waals surface area contributed by atoms with Crippen molar-refractivity contribution in [1.29, 1.82) is 0 Å². The van der Waals surface area contributed by atoms with E-state index in [0.717, 1.165) is 5.92 Å². The molecule has 0 aliphatic carbocycles. The van der Waals surface area contributed by atoms with E-state index in [4.69, 9.17) is 0 Å². The lowest BCUT2D eigenvalue weighted by molar-refractivity contribution is 0.293. The molecule has 1 saturated heterocycles. The molecule has 0 atom stereocenters. The molecule has 0 radical (unpaired) electrons. The maximum Gasteiger partial charge on any atom is 0.0392 e. The molecule has 1 fully saturated rings. The Morgan fingerprint density at radius 3 is 1.90 bits per heavy atom. The summed E-state index contributed by atoms with van der Waals surface area (Å²) >= 11 is 4.19. The number of hydrogen-bond acceptors (Lipinski definition) is 2. The predicted octanol–water partition coefficient (Wildman–Crippen LogP) is 3.09. The quantitative estimate of drug-likeness (QED) is 0.556. The summed E-state index contributed by atoms with van der Waals surface area (Å²) in [5.41, 5.74) is 0.528. The van der Waals surface area contributed by atoms with Gasteiger partial charge >= 0.3 is 0 Å². The van der Waals surface area contributed by atoms with Crippen LogP contribution in [0.2, 0.25) is 0 Å². The minimum atomic E-state index is 0.528. The molecule has 2 heteroatoms. The van der Waals surface area contributed by atoms with E-state index < -0.39 is 0 Å². The van der Waals surface area contributed by atoms with Gasteiger partial charge in [-0.3, -0.25) is 0 Å². The molecule has 0 aromatic heterocycles. The molecule has 0 bridgehead atoms. The Kier molecular flexibility index (Phi) is 2.99. The lowest BCUT2D eigenvalue weighted by Crippen LogP contribution is -2.27. The Hall–Kier alpha value is 0.700. The van der Waals surface area contributed by atoms with Gasteiger partial charge in [-0.15, -0.1) is 0 Å². The van der Waals surface area contributed by atoms with Gasteiger partial charge in [-0.25, -0.2) is 0 Å². The molecule has 0 aromatic rings. The smallest absolute Gasteiger partial charge is 0.0392 e. The standard InChI is InChI=1S/C8H16S2/c1-8(2,3)7-4-9-6-10-5-7/h7H,4-6H2,1-3H3. The van der Waals surface area contributed by atoms with Crippen LogP contribution in [-0.2, 0) is 0 Å². The fraction of sp³-hybridized carbons (Fsp3) is 1.00. The van der Waals surface area contributed by atoms with Crippen LogP contribution >= 0.6 is 23.5 Å². The van der Waals surface area contributed by atoms with Gasteiger partial charge in [-0.1, -0.05) is 20.8 Å². The van der Waals surface area contributed by atoms with Crippen LogP contribution in [0.5, 0.6) is 0 Å². The maximum absolute atomic E-state index is 2.35. The van der Waals surface area contributed by atoms with Crippen molar-refractivity contribution in [2.45, 2.75) is 20.8 Å². The SMILES string of the molecule is CC(C)(C)C1CSCSC1. The van der Waals surface area contributed by atoms with E-state index in [1.807, 2.05) is 0 Å². The fourth-order valence-corrected chi connectivity index (χ4v) is 4.18. The Bertz CT molecular complexity index is 98.3. The average Bonchev–Trinajstić information content (AvgIpc) is 1.88. The molecule has 1 rings (SSSR count). The predicted molar refractivity (Wildman–Crippen MR) is 52.7 cm³/mol. The van der Waals surface area contributed by atoms with Gasteiger partial charge in [0, 0.05) is 5.08 Å². The van der Waals surface area contributed by atoms with Crippen molar-refractivity contribution in [3.05, 3.63) is 0 Å². The first-order valence-electron chi connectivity index (χ1n) is 3.76. The van der Waals surface area contributed by atoms with Gasteiger partial charge in [0.05, 0.1) is 0 Å². The van der Waals surface area contributed by atoms with Crippen LogP contribution in [-0.4, -0.2) is 16.6 Å². The highest BCUT2D eigenvalue weighted by Crippen LogP contribution is 2.36. The molecule has 0 amide bonds. The minimum Gasteiger partial charge on any atom is -0.151 e. The van der Waals surface area contributed by atoms with E-state index in [2.05, 4.69) is 44.3 Å². The summed E-state index contributed by atoms with van der Waals surface area (Å²) in [6.07, 6.45) is 0. The molecule has 0 spiro atoms. The van der Waals surface area contributed by atoms with E-state index >= 15 is 0 Å². The van der Waals surface area contributed by atoms with Gasteiger partial charge < -0.3 is 0 Å². The van der Waals surface area contributed by atoms with Crippen LogP contribution in [0.25, 0.3) is 0 Å². The van der Waals surface area contributed by atoms with Gasteiger partial charge in [-0.2, -0.15) is 23.5 Å². The van der Waals surface area contributed by atoms with Crippen LogP contribution in [0, 0.1) is 11.3 Å². The van der Waals surface area contributed by atoms with Gasteiger partial charge in [0.1, 0.15) is 0 Å². The molecule has 1 heterocycles. The molecule has 0 saturated carbocycles. The summed E-state index contributed by atoms with van der Waals surface area (Å²) in [7, 11) is 0. The first-order valence-corrected chi connectivity index (χ1v) is 6.07. The Morgan fingerprint density at radius 1 is 1.10 bits per heavy atom. The summed E-state index contributed by atoms with van der Waals surface area (Å²) in [5.74, 6) is 3.67. The molecule has 0 unspecified atom stereocenters. The van der Waals surface area contributed by atoms with Crippen LogP contribution in [0.1, 0.15) is 20.8 Å². The zero-order valence-electron chi connectivity index (χ0n) is 7.02. The van der Waals surface area contributed by atoms with E-state index in [1.165, 1.54) is 16.6 Å². The average molecular weight is 176 g/mol. The summed E-state index contributed by atoms with van der Waals surface area (Å²) in [6, 6.07) is 0. The molecule has 10 heavy (non-hydrogen) atoms. The van der Waals surface area contributed by atoms with E-state index in [9.17, 15) is 0 Å². The summed E-state index contributed by atoms with van der Waals surface area (Å²) < 4.78 is 0. The van der Waals surface area contributed by atoms with Crippen LogP contribution in [0.3, 0.4) is 0 Å². The summed E-state index contributed by atoms with van der Waals surface area (Å²) in [4.78, 5) is 0. The molecule has 1 aliphatic heterocycles. The molecular formula is C8H16S2. The normalized spacial score (nSPS) is 23.1. The van der Waals surface area contributed by atoms with Crippen LogP contribution < -0.4 is 0 Å². The lowest BCUT2D eigenvalue weighted by atomic mass is 9.83. The number of rotatable bonds is 0. The van der Waals surface area contributed by atoms with Gasteiger partial charge in [-0.05, 0) is 22.8 Å². The van der Waals surface area contributed by atoms with Crippen molar-refractivity contribution in [2.24, 2.45) is 11.3 Å². The maximum atomic E-state index is 2.35. The van der Waals surface area contributed by atoms with Crippen molar-refractivity contribution in [2.75, 3.05) is 16.6 Å². The summed E-state index contributed by atoms with van der Waals surface area (Å²) in [5, 5.41) is 1.31. The second-order valence-corrected chi connectivity index (χ2v) is 6.35. The second-order valence-electron chi connectivity index (χ2n) is 3.92. The number of hydrogen-bond donors (Lipinski definition) is 0. The third-order valence-electron chi connectivity index (χ3n) is 2.03. The van der Waals surface area contributed by atoms with Gasteiger partial charge in [0.15, 0.2) is 0 Å². The zero-order valence-corrected chi connectivity index (χ0v) is 8.65. The van der Waals surface area contributed by atoms with Gasteiger partial charge in [0.25, 0.3) is 0 Å². The highest BCUT2D eigenvalue weighted by molar-refractivity contribution is 8.16. The lowest BCUT2D eigenvalue weighted by Gasteiger charge is -2.32. The van der Waals surface area contributed by atoms with Crippen molar-refractivity contribution in [1.82, 2.24) is 0 Å². The Labute approximate surface area is 72.5 Å². The largest absolute Gasteiger partial charge is 0.151 e. The van der Waals surface area contributed by atoms with Crippen molar-refractivity contribution in [3.63, 3.8) is 0 Å². The van der Waals surface area contributed by atoms with Crippen LogP contribution in [0.4, 0.5) is 0 Å². The van der Waals surface area contributed by atoms with Crippen LogP contribution in [0.15, 0.2) is 0 Å². The molecule has 0 N–H and O–H groups in total. The van der Waals surface area contributed by atoms with Crippen molar-refractivity contribution >= 4 is 23.5 Å². The summed E-state index contributed by atoms with van der Waals surface area (Å²) in [6.45, 7) is 7.05. The number of thioether (sulfide) groups is 2. The minimum absolute atomic E-state index is 0.528. The molecule has 0 aromatic carbocycles. The topological polar surface area (TPSA) is 0 Å². The Balaban J connectivity index is 2.39. The monoisotopic (exact) mass is 176 g/mol. The zero-order chi connectivity index (χ0) is 7.61. The van der Waals surface area contributed by atoms with E-state index in [-0.39, 0.29) is 0 Å². The van der Waals surface area contributed by atoms with Crippen molar-refractivity contribution in [3.8, 4) is 0 Å². The molecule has 0 nitrogen and oxygen atoms in total. The molecule has 1 aliphatic rings. The first kappa shape index (κ1) is 8.79. The fourth-order valence-electron chi connectivity index (χ4n) is 0.988. The highest BCUT2D eigenvalue weighted by atomic mass is 32.2. The van der Waals surface area contributed by atoms with Crippen molar-refractivity contribution < 1.29 is 0 Å². The first-order chi connectivity index (χ1) is 4.61. The molecule has 60 valence electrons.